The first kappa shape index (κ1) is 18.9. The molecule has 6 heteroatoms. The Morgan fingerprint density at radius 3 is 2.70 bits per heavy atom. The zero-order valence-electron chi connectivity index (χ0n) is 15.7. The summed E-state index contributed by atoms with van der Waals surface area (Å²) < 4.78 is 1.88. The van der Waals surface area contributed by atoms with Gasteiger partial charge in [0.25, 0.3) is 0 Å². The van der Waals surface area contributed by atoms with Crippen LogP contribution in [-0.4, -0.2) is 31.5 Å². The molecule has 1 atom stereocenters. The lowest BCUT2D eigenvalue weighted by molar-refractivity contribution is 0.298. The Kier molecular flexibility index (Phi) is 6.11. The van der Waals surface area contributed by atoms with Gasteiger partial charge in [0.1, 0.15) is 0 Å². The molecule has 27 heavy (non-hydrogen) atoms. The zero-order valence-corrected chi connectivity index (χ0v) is 15.7. The van der Waals surface area contributed by atoms with Crippen LogP contribution in [-0.2, 0) is 12.8 Å². The van der Waals surface area contributed by atoms with Gasteiger partial charge in [0.2, 0.25) is 0 Å². The maximum Gasteiger partial charge on any atom is 0.0884 e. The quantitative estimate of drug-likeness (QED) is 0.683. The van der Waals surface area contributed by atoms with Crippen LogP contribution in [0.4, 0.5) is 0 Å². The van der Waals surface area contributed by atoms with E-state index in [2.05, 4.69) is 15.1 Å². The molecule has 0 saturated carbocycles. The second kappa shape index (κ2) is 8.70. The topological polar surface area (TPSA) is 89.9 Å². The average molecular weight is 363 g/mol. The summed E-state index contributed by atoms with van der Waals surface area (Å²) in [5.41, 5.74) is 9.91. The molecule has 3 aromatic heterocycles. The van der Waals surface area contributed by atoms with Crippen molar-refractivity contribution in [3.63, 3.8) is 0 Å². The molecule has 0 spiro atoms. The van der Waals surface area contributed by atoms with Crippen LogP contribution in [0.3, 0.4) is 0 Å². The minimum absolute atomic E-state index is 0.0826. The number of aromatic nitrogens is 4. The highest BCUT2D eigenvalue weighted by atomic mass is 16.3. The second-order valence-electron chi connectivity index (χ2n) is 6.29. The molecule has 0 radical (unpaired) electrons. The lowest BCUT2D eigenvalue weighted by Gasteiger charge is -2.15. The third kappa shape index (κ3) is 4.13. The van der Waals surface area contributed by atoms with Gasteiger partial charge in [-0.2, -0.15) is 5.10 Å². The van der Waals surface area contributed by atoms with E-state index in [1.54, 1.807) is 6.20 Å². The number of hydrogen-bond donors (Lipinski definition) is 2. The van der Waals surface area contributed by atoms with Crippen LogP contribution in [0.2, 0.25) is 0 Å². The van der Waals surface area contributed by atoms with Gasteiger partial charge in [0.15, 0.2) is 0 Å². The van der Waals surface area contributed by atoms with E-state index in [4.69, 9.17) is 10.8 Å². The molecule has 0 unspecified atom stereocenters. The second-order valence-corrected chi connectivity index (χ2v) is 6.29. The summed E-state index contributed by atoms with van der Waals surface area (Å²) in [4.78, 5) is 9.12. The summed E-state index contributed by atoms with van der Waals surface area (Å²) >= 11 is 0. The van der Waals surface area contributed by atoms with Crippen LogP contribution in [0, 0.1) is 0 Å². The number of pyridine rings is 2. The van der Waals surface area contributed by atoms with Crippen LogP contribution < -0.4 is 16.3 Å². The molecule has 0 fully saturated rings. The standard InChI is InChI=1S/C21H25N5O/c1-3-15-14-24-26(19(15)4-2)20-9-6-11-23-21(20)18(22)13-17-8-5-7-16(25-17)10-12-27/h3-9,11,14,18,27H,10,12-13,22H2,1-2H3/b15-3-,19-4+/t18-/m0/s1. The molecule has 0 saturated heterocycles. The van der Waals surface area contributed by atoms with Gasteiger partial charge in [-0.15, -0.1) is 0 Å². The van der Waals surface area contributed by atoms with Crippen molar-refractivity contribution in [2.24, 2.45) is 5.73 Å². The molecule has 0 aliphatic heterocycles. The Morgan fingerprint density at radius 2 is 1.96 bits per heavy atom. The van der Waals surface area contributed by atoms with Gasteiger partial charge in [-0.05, 0) is 38.1 Å². The van der Waals surface area contributed by atoms with Gasteiger partial charge in [-0.1, -0.05) is 18.2 Å². The van der Waals surface area contributed by atoms with E-state index in [0.29, 0.717) is 12.8 Å². The van der Waals surface area contributed by atoms with Gasteiger partial charge < -0.3 is 10.8 Å². The van der Waals surface area contributed by atoms with Crippen molar-refractivity contribution in [2.45, 2.75) is 32.7 Å². The highest BCUT2D eigenvalue weighted by molar-refractivity contribution is 5.40. The van der Waals surface area contributed by atoms with Crippen molar-refractivity contribution in [1.29, 1.82) is 0 Å². The van der Waals surface area contributed by atoms with Crippen molar-refractivity contribution in [1.82, 2.24) is 19.7 Å². The molecule has 3 aromatic rings. The van der Waals surface area contributed by atoms with E-state index in [0.717, 1.165) is 33.3 Å². The third-order valence-electron chi connectivity index (χ3n) is 4.48. The highest BCUT2D eigenvalue weighted by Crippen LogP contribution is 2.19. The van der Waals surface area contributed by atoms with E-state index in [1.165, 1.54) is 0 Å². The minimum atomic E-state index is -0.318. The van der Waals surface area contributed by atoms with Gasteiger partial charge in [0.05, 0.1) is 29.0 Å². The van der Waals surface area contributed by atoms with E-state index in [-0.39, 0.29) is 12.6 Å². The summed E-state index contributed by atoms with van der Waals surface area (Å²) in [5.74, 6) is 0. The van der Waals surface area contributed by atoms with Crippen molar-refractivity contribution in [3.05, 3.63) is 70.4 Å². The maximum atomic E-state index is 9.11. The average Bonchev–Trinajstić information content (AvgIpc) is 3.11. The molecule has 0 aliphatic carbocycles. The number of rotatable bonds is 6. The van der Waals surface area contributed by atoms with Crippen LogP contribution >= 0.6 is 0 Å². The number of aliphatic hydroxyl groups is 1. The normalized spacial score (nSPS) is 13.9. The smallest absolute Gasteiger partial charge is 0.0884 e. The first-order valence-corrected chi connectivity index (χ1v) is 9.11. The van der Waals surface area contributed by atoms with Gasteiger partial charge in [0, 0.05) is 42.3 Å². The summed E-state index contributed by atoms with van der Waals surface area (Å²) in [6.45, 7) is 4.07. The number of aliphatic hydroxyl groups excluding tert-OH is 1. The summed E-state index contributed by atoms with van der Waals surface area (Å²) in [6.07, 6.45) is 8.76. The van der Waals surface area contributed by atoms with E-state index in [1.807, 2.05) is 67.2 Å². The Labute approximate surface area is 158 Å². The van der Waals surface area contributed by atoms with Gasteiger partial charge in [-0.3, -0.25) is 9.97 Å². The van der Waals surface area contributed by atoms with E-state index < -0.39 is 0 Å². The van der Waals surface area contributed by atoms with Crippen LogP contribution in [0.25, 0.3) is 17.8 Å². The molecule has 0 bridgehead atoms. The van der Waals surface area contributed by atoms with Crippen molar-refractivity contribution >= 4 is 12.2 Å². The molecular weight excluding hydrogens is 338 g/mol. The lowest BCUT2D eigenvalue weighted by atomic mass is 10.1. The fourth-order valence-electron chi connectivity index (χ4n) is 3.17. The molecule has 0 aromatic carbocycles. The maximum absolute atomic E-state index is 9.11. The Morgan fingerprint density at radius 1 is 1.15 bits per heavy atom. The summed E-state index contributed by atoms with van der Waals surface area (Å²) in [6, 6.07) is 9.36. The molecule has 6 nitrogen and oxygen atoms in total. The molecule has 3 rings (SSSR count). The van der Waals surface area contributed by atoms with Crippen molar-refractivity contribution < 1.29 is 5.11 Å². The van der Waals surface area contributed by atoms with Crippen molar-refractivity contribution in [3.8, 4) is 5.69 Å². The molecule has 140 valence electrons. The third-order valence-corrected chi connectivity index (χ3v) is 4.48. The van der Waals surface area contributed by atoms with Crippen LogP contribution in [0.5, 0.6) is 0 Å². The van der Waals surface area contributed by atoms with Crippen LogP contribution in [0.15, 0.2) is 42.7 Å². The summed E-state index contributed by atoms with van der Waals surface area (Å²) in [7, 11) is 0. The Bertz CT molecular complexity index is 1030. The van der Waals surface area contributed by atoms with Crippen molar-refractivity contribution in [2.75, 3.05) is 6.61 Å². The molecular formula is C21H25N5O. The SMILES string of the molecule is C/C=c1/cnn(-c2cccnc2[C@@H](N)Cc2cccc(CCO)n2)/c1=C/C. The lowest BCUT2D eigenvalue weighted by Crippen LogP contribution is -2.29. The minimum Gasteiger partial charge on any atom is -0.396 e. The monoisotopic (exact) mass is 363 g/mol. The van der Waals surface area contributed by atoms with E-state index >= 15 is 0 Å². The fourth-order valence-corrected chi connectivity index (χ4v) is 3.17. The number of nitrogens with two attached hydrogens (primary N) is 1. The summed E-state index contributed by atoms with van der Waals surface area (Å²) in [5, 5.41) is 15.7. The van der Waals surface area contributed by atoms with Gasteiger partial charge in [-0.25, -0.2) is 4.68 Å². The molecule has 0 amide bonds. The number of hydrogen-bond acceptors (Lipinski definition) is 5. The van der Waals surface area contributed by atoms with Crippen LogP contribution in [0.1, 0.15) is 37.0 Å². The predicted octanol–water partition coefficient (Wildman–Crippen LogP) is 1.04. The zero-order chi connectivity index (χ0) is 19.2. The predicted molar refractivity (Wildman–Crippen MR) is 107 cm³/mol. The molecule has 0 aliphatic rings. The Balaban J connectivity index is 1.97. The molecule has 3 N–H and O–H groups in total. The van der Waals surface area contributed by atoms with Gasteiger partial charge >= 0.3 is 0 Å². The Hall–Kier alpha value is -2.83. The first-order chi connectivity index (χ1) is 13.2. The van der Waals surface area contributed by atoms with E-state index in [9.17, 15) is 0 Å². The first-order valence-electron chi connectivity index (χ1n) is 9.11. The highest BCUT2D eigenvalue weighted by Gasteiger charge is 2.16. The molecule has 3 heterocycles. The number of nitrogens with zero attached hydrogens (tertiary/aromatic N) is 4. The fraction of sp³-hybridized carbons (Fsp3) is 0.286. The largest absolute Gasteiger partial charge is 0.396 e.